The molecule has 0 atom stereocenters. The number of thiazole rings is 1. The molecule has 2 aromatic carbocycles. The van der Waals surface area contributed by atoms with Crippen molar-refractivity contribution in [2.24, 2.45) is 4.99 Å². The van der Waals surface area contributed by atoms with Crippen LogP contribution in [0.25, 0.3) is 11.3 Å². The molecule has 1 saturated carbocycles. The van der Waals surface area contributed by atoms with Crippen molar-refractivity contribution in [3.8, 4) is 17.0 Å². The number of hydrogen-bond acceptors (Lipinski definition) is 3. The van der Waals surface area contributed by atoms with Gasteiger partial charge in [-0.1, -0.05) is 28.1 Å². The summed E-state index contributed by atoms with van der Waals surface area (Å²) in [7, 11) is 1.68. The summed E-state index contributed by atoms with van der Waals surface area (Å²) in [4.78, 5) is 5.91. The maximum absolute atomic E-state index is 5.21. The van der Waals surface area contributed by atoms with Gasteiger partial charge in [0.1, 0.15) is 5.75 Å². The molecular weight excluding hydrogens is 384 g/mol. The van der Waals surface area contributed by atoms with Crippen LogP contribution in [0.15, 0.2) is 63.4 Å². The number of aromatic nitrogens is 1. The van der Waals surface area contributed by atoms with Gasteiger partial charge in [0.05, 0.1) is 18.5 Å². The van der Waals surface area contributed by atoms with E-state index in [1.807, 2.05) is 24.3 Å². The summed E-state index contributed by atoms with van der Waals surface area (Å²) < 4.78 is 8.70. The molecule has 24 heavy (non-hydrogen) atoms. The lowest BCUT2D eigenvalue weighted by atomic mass is 10.2. The highest BCUT2D eigenvalue weighted by molar-refractivity contribution is 9.10. The summed E-state index contributed by atoms with van der Waals surface area (Å²) in [6.07, 6.45) is 2.46. The first kappa shape index (κ1) is 15.7. The van der Waals surface area contributed by atoms with Gasteiger partial charge in [-0.2, -0.15) is 0 Å². The Kier molecular flexibility index (Phi) is 4.29. The Hall–Kier alpha value is -1.85. The minimum Gasteiger partial charge on any atom is -0.497 e. The molecule has 1 aliphatic rings. The maximum Gasteiger partial charge on any atom is 0.190 e. The van der Waals surface area contributed by atoms with E-state index < -0.39 is 0 Å². The Labute approximate surface area is 153 Å². The number of halogens is 1. The van der Waals surface area contributed by atoms with Crippen molar-refractivity contribution >= 4 is 33.0 Å². The minimum absolute atomic E-state index is 0.576. The van der Waals surface area contributed by atoms with Crippen LogP contribution in [0.4, 0.5) is 5.69 Å². The van der Waals surface area contributed by atoms with Crippen molar-refractivity contribution in [1.29, 1.82) is 0 Å². The largest absolute Gasteiger partial charge is 0.497 e. The van der Waals surface area contributed by atoms with Crippen molar-refractivity contribution in [3.05, 3.63) is 63.2 Å². The van der Waals surface area contributed by atoms with Crippen LogP contribution in [0.2, 0.25) is 0 Å². The molecule has 0 aliphatic heterocycles. The predicted molar refractivity (Wildman–Crippen MR) is 102 cm³/mol. The highest BCUT2D eigenvalue weighted by Crippen LogP contribution is 2.38. The van der Waals surface area contributed by atoms with E-state index in [9.17, 15) is 0 Å². The molecule has 1 heterocycles. The molecule has 0 spiro atoms. The van der Waals surface area contributed by atoms with E-state index in [0.29, 0.717) is 6.04 Å². The average Bonchev–Trinajstić information content (AvgIpc) is 3.37. The van der Waals surface area contributed by atoms with Gasteiger partial charge in [0.25, 0.3) is 0 Å². The third kappa shape index (κ3) is 3.19. The lowest BCUT2D eigenvalue weighted by Gasteiger charge is -2.08. The third-order valence-corrected chi connectivity index (χ3v) is 5.46. The number of nitrogens with zero attached hydrogens (tertiary/aromatic N) is 2. The number of rotatable bonds is 4. The molecule has 0 bridgehead atoms. The van der Waals surface area contributed by atoms with E-state index >= 15 is 0 Å². The van der Waals surface area contributed by atoms with E-state index in [4.69, 9.17) is 9.73 Å². The molecular formula is C19H17BrN2OS. The average molecular weight is 401 g/mol. The quantitative estimate of drug-likeness (QED) is 0.563. The Morgan fingerprint density at radius 1 is 1.08 bits per heavy atom. The summed E-state index contributed by atoms with van der Waals surface area (Å²) in [6, 6.07) is 16.9. The van der Waals surface area contributed by atoms with Crippen molar-refractivity contribution < 1.29 is 4.74 Å². The fraction of sp³-hybridized carbons (Fsp3) is 0.211. The highest BCUT2D eigenvalue weighted by Gasteiger charge is 2.27. The molecule has 1 aromatic heterocycles. The monoisotopic (exact) mass is 400 g/mol. The second-order valence-electron chi connectivity index (χ2n) is 5.82. The minimum atomic E-state index is 0.576. The molecule has 0 N–H and O–H groups in total. The molecule has 0 amide bonds. The number of methoxy groups -OCH3 is 1. The summed E-state index contributed by atoms with van der Waals surface area (Å²) in [6.45, 7) is 0. The summed E-state index contributed by atoms with van der Waals surface area (Å²) in [5, 5.41) is 2.21. The van der Waals surface area contributed by atoms with Gasteiger partial charge in [-0.25, -0.2) is 4.99 Å². The molecule has 0 unspecified atom stereocenters. The molecule has 122 valence electrons. The highest BCUT2D eigenvalue weighted by atomic mass is 79.9. The Morgan fingerprint density at radius 2 is 1.79 bits per heavy atom. The first-order valence-corrected chi connectivity index (χ1v) is 9.56. The van der Waals surface area contributed by atoms with Crippen LogP contribution < -0.4 is 9.54 Å². The zero-order chi connectivity index (χ0) is 16.5. The van der Waals surface area contributed by atoms with Gasteiger partial charge in [0.15, 0.2) is 4.80 Å². The molecule has 3 nitrogen and oxygen atoms in total. The molecule has 3 aromatic rings. The van der Waals surface area contributed by atoms with Gasteiger partial charge in [0.2, 0.25) is 0 Å². The zero-order valence-corrected chi connectivity index (χ0v) is 15.7. The lowest BCUT2D eigenvalue weighted by molar-refractivity contribution is 0.415. The van der Waals surface area contributed by atoms with Crippen LogP contribution in [-0.4, -0.2) is 11.7 Å². The Balaban J connectivity index is 1.78. The molecule has 4 rings (SSSR count). The normalized spacial score (nSPS) is 14.8. The van der Waals surface area contributed by atoms with Gasteiger partial charge in [-0.05, 0) is 54.8 Å². The van der Waals surface area contributed by atoms with Gasteiger partial charge in [-0.3, -0.25) is 0 Å². The fourth-order valence-corrected chi connectivity index (χ4v) is 3.94. The van der Waals surface area contributed by atoms with E-state index in [2.05, 4.69) is 50.1 Å². The third-order valence-electron chi connectivity index (χ3n) is 4.09. The first-order chi connectivity index (χ1) is 11.7. The Morgan fingerprint density at radius 3 is 2.42 bits per heavy atom. The molecule has 0 saturated heterocycles. The standard InChI is InChI=1S/C19H17BrN2OS/c1-23-17-10-6-15(7-11-17)21-19-22(16-8-9-16)18(12-24-19)13-2-4-14(20)5-3-13/h2-7,10-12,16H,8-9H2,1H3. The van der Waals surface area contributed by atoms with E-state index in [1.54, 1.807) is 18.4 Å². The van der Waals surface area contributed by atoms with Crippen LogP contribution in [0, 0.1) is 0 Å². The SMILES string of the molecule is COc1ccc(N=c2scc(-c3ccc(Br)cc3)n2C2CC2)cc1. The predicted octanol–water partition coefficient (Wildman–Crippen LogP) is 5.56. The first-order valence-electron chi connectivity index (χ1n) is 7.89. The lowest BCUT2D eigenvalue weighted by Crippen LogP contribution is -2.14. The van der Waals surface area contributed by atoms with Crippen LogP contribution in [0.5, 0.6) is 5.75 Å². The van der Waals surface area contributed by atoms with Crippen molar-refractivity contribution in [2.75, 3.05) is 7.11 Å². The molecule has 0 radical (unpaired) electrons. The van der Waals surface area contributed by atoms with Crippen LogP contribution in [0.1, 0.15) is 18.9 Å². The van der Waals surface area contributed by atoms with Crippen LogP contribution in [-0.2, 0) is 0 Å². The van der Waals surface area contributed by atoms with E-state index in [0.717, 1.165) is 20.7 Å². The summed E-state index contributed by atoms with van der Waals surface area (Å²) >= 11 is 5.21. The zero-order valence-electron chi connectivity index (χ0n) is 13.3. The second kappa shape index (κ2) is 6.57. The van der Waals surface area contributed by atoms with E-state index in [1.165, 1.54) is 24.1 Å². The van der Waals surface area contributed by atoms with Crippen LogP contribution >= 0.6 is 27.3 Å². The molecule has 1 fully saturated rings. The van der Waals surface area contributed by atoms with Crippen molar-refractivity contribution in [2.45, 2.75) is 18.9 Å². The number of benzene rings is 2. The van der Waals surface area contributed by atoms with Crippen LogP contribution in [0.3, 0.4) is 0 Å². The van der Waals surface area contributed by atoms with Gasteiger partial charge in [-0.15, -0.1) is 11.3 Å². The number of ether oxygens (including phenoxy) is 1. The van der Waals surface area contributed by atoms with Gasteiger partial charge >= 0.3 is 0 Å². The molecule has 5 heteroatoms. The molecule has 1 aliphatic carbocycles. The summed E-state index contributed by atoms with van der Waals surface area (Å²) in [5.74, 6) is 0.853. The second-order valence-corrected chi connectivity index (χ2v) is 7.57. The van der Waals surface area contributed by atoms with Gasteiger partial charge < -0.3 is 9.30 Å². The number of hydrogen-bond donors (Lipinski definition) is 0. The van der Waals surface area contributed by atoms with Gasteiger partial charge in [0, 0.05) is 15.9 Å². The Bertz CT molecular complexity index is 906. The van der Waals surface area contributed by atoms with Crippen molar-refractivity contribution in [3.63, 3.8) is 0 Å². The summed E-state index contributed by atoms with van der Waals surface area (Å²) in [5.41, 5.74) is 3.44. The van der Waals surface area contributed by atoms with E-state index in [-0.39, 0.29) is 0 Å². The topological polar surface area (TPSA) is 26.5 Å². The van der Waals surface area contributed by atoms with Crippen molar-refractivity contribution in [1.82, 2.24) is 4.57 Å². The smallest absolute Gasteiger partial charge is 0.190 e. The maximum atomic E-state index is 5.21. The fourth-order valence-electron chi connectivity index (χ4n) is 2.69.